The lowest BCUT2D eigenvalue weighted by atomic mass is 10.2. The highest BCUT2D eigenvalue weighted by molar-refractivity contribution is 5.79. The number of pyridine rings is 1. The molecule has 4 nitrogen and oxygen atoms in total. The lowest BCUT2D eigenvalue weighted by Gasteiger charge is -2.23. The molecule has 0 spiro atoms. The van der Waals surface area contributed by atoms with E-state index in [9.17, 15) is 22.4 Å². The first-order chi connectivity index (χ1) is 9.03. The first-order valence-corrected chi connectivity index (χ1v) is 5.72. The van der Waals surface area contributed by atoms with E-state index in [1.165, 1.54) is 6.92 Å². The molecule has 0 fully saturated rings. The van der Waals surface area contributed by atoms with Crippen molar-refractivity contribution in [3.8, 4) is 0 Å². The number of carbonyl (C=O) groups is 1. The van der Waals surface area contributed by atoms with Crippen LogP contribution in [0.4, 0.5) is 23.2 Å². The molecule has 0 aromatic carbocycles. The molecule has 1 rings (SSSR count). The van der Waals surface area contributed by atoms with Crippen molar-refractivity contribution in [2.45, 2.75) is 39.3 Å². The summed E-state index contributed by atoms with van der Waals surface area (Å²) < 4.78 is 57.4. The number of ether oxygens (including phenoxy) is 1. The van der Waals surface area contributed by atoms with Crippen LogP contribution in [0, 0.1) is 23.5 Å². The first-order valence-electron chi connectivity index (χ1n) is 5.72. The maximum Gasteiger partial charge on any atom is 0.328 e. The van der Waals surface area contributed by atoms with Gasteiger partial charge in [0.25, 0.3) is 11.9 Å². The monoisotopic (exact) mass is 294 g/mol. The van der Waals surface area contributed by atoms with Gasteiger partial charge < -0.3 is 10.1 Å². The molecule has 8 heteroatoms. The van der Waals surface area contributed by atoms with E-state index in [1.807, 2.05) is 5.32 Å². The van der Waals surface area contributed by atoms with Crippen molar-refractivity contribution in [2.24, 2.45) is 0 Å². The minimum Gasteiger partial charge on any atom is -0.458 e. The van der Waals surface area contributed by atoms with Crippen LogP contribution in [-0.4, -0.2) is 22.6 Å². The van der Waals surface area contributed by atoms with Gasteiger partial charge in [0, 0.05) is 0 Å². The van der Waals surface area contributed by atoms with Gasteiger partial charge in [0.2, 0.25) is 11.6 Å². The standard InChI is InChI=1S/C12H14F4N2O2/c1-5(11(19)20-12(2,3)4)17-8-6(13)9(15)18-10(16)7(8)14/h5H,1-4H3,(H,17,18)/t5-/m0/s1. The summed E-state index contributed by atoms with van der Waals surface area (Å²) in [4.78, 5) is 14.0. The second-order valence-electron chi connectivity index (χ2n) is 5.10. The summed E-state index contributed by atoms with van der Waals surface area (Å²) in [5, 5.41) is 2.04. The van der Waals surface area contributed by atoms with Gasteiger partial charge in [-0.2, -0.15) is 22.5 Å². The van der Waals surface area contributed by atoms with Crippen molar-refractivity contribution in [2.75, 3.05) is 5.32 Å². The van der Waals surface area contributed by atoms with Gasteiger partial charge in [0.15, 0.2) is 0 Å². The summed E-state index contributed by atoms with van der Waals surface area (Å²) in [5.74, 6) is -7.85. The average molecular weight is 294 g/mol. The molecule has 0 radical (unpaired) electrons. The fourth-order valence-electron chi connectivity index (χ4n) is 1.28. The number of aromatic nitrogens is 1. The zero-order valence-electron chi connectivity index (χ0n) is 11.4. The average Bonchev–Trinajstić information content (AvgIpc) is 2.29. The summed E-state index contributed by atoms with van der Waals surface area (Å²) >= 11 is 0. The third-order valence-corrected chi connectivity index (χ3v) is 2.12. The first kappa shape index (κ1) is 16.2. The summed E-state index contributed by atoms with van der Waals surface area (Å²) in [6, 6.07) is -1.21. The summed E-state index contributed by atoms with van der Waals surface area (Å²) in [6.45, 7) is 6.04. The number of nitrogens with zero attached hydrogens (tertiary/aromatic N) is 1. The fraction of sp³-hybridized carbons (Fsp3) is 0.500. The molecular weight excluding hydrogens is 280 g/mol. The van der Waals surface area contributed by atoms with Gasteiger partial charge in [-0.05, 0) is 27.7 Å². The van der Waals surface area contributed by atoms with Crippen LogP contribution in [0.25, 0.3) is 0 Å². The Morgan fingerprint density at radius 1 is 1.15 bits per heavy atom. The smallest absolute Gasteiger partial charge is 0.328 e. The number of hydrogen-bond donors (Lipinski definition) is 1. The molecule has 0 saturated carbocycles. The van der Waals surface area contributed by atoms with E-state index >= 15 is 0 Å². The molecule has 1 heterocycles. The van der Waals surface area contributed by atoms with Crippen molar-refractivity contribution in [3.63, 3.8) is 0 Å². The maximum atomic E-state index is 13.3. The van der Waals surface area contributed by atoms with Crippen molar-refractivity contribution < 1.29 is 27.1 Å². The lowest BCUT2D eigenvalue weighted by Crippen LogP contribution is -2.35. The maximum absolute atomic E-state index is 13.3. The van der Waals surface area contributed by atoms with Crippen LogP contribution in [0.3, 0.4) is 0 Å². The van der Waals surface area contributed by atoms with Crippen LogP contribution in [0.5, 0.6) is 0 Å². The quantitative estimate of drug-likeness (QED) is 0.529. The Bertz CT molecular complexity index is 503. The van der Waals surface area contributed by atoms with E-state index < -0.39 is 46.8 Å². The fourth-order valence-corrected chi connectivity index (χ4v) is 1.28. The van der Waals surface area contributed by atoms with Crippen molar-refractivity contribution in [1.29, 1.82) is 0 Å². The highest BCUT2D eigenvalue weighted by Gasteiger charge is 2.26. The van der Waals surface area contributed by atoms with Gasteiger partial charge in [-0.1, -0.05) is 0 Å². The highest BCUT2D eigenvalue weighted by atomic mass is 19.2. The molecule has 1 aromatic rings. The summed E-state index contributed by atoms with van der Waals surface area (Å²) in [7, 11) is 0. The molecule has 0 unspecified atom stereocenters. The Morgan fingerprint density at radius 3 is 2.00 bits per heavy atom. The zero-order chi connectivity index (χ0) is 15.7. The van der Waals surface area contributed by atoms with Crippen LogP contribution in [0.2, 0.25) is 0 Å². The van der Waals surface area contributed by atoms with Crippen molar-refractivity contribution >= 4 is 11.7 Å². The van der Waals surface area contributed by atoms with Gasteiger partial charge in [-0.3, -0.25) is 0 Å². The third-order valence-electron chi connectivity index (χ3n) is 2.12. The van der Waals surface area contributed by atoms with Crippen molar-refractivity contribution in [3.05, 3.63) is 23.5 Å². The molecule has 1 aromatic heterocycles. The predicted octanol–water partition coefficient (Wildman–Crippen LogP) is 2.78. The highest BCUT2D eigenvalue weighted by Crippen LogP contribution is 2.23. The normalized spacial score (nSPS) is 13.0. The van der Waals surface area contributed by atoms with E-state index in [-0.39, 0.29) is 0 Å². The van der Waals surface area contributed by atoms with Gasteiger partial charge >= 0.3 is 5.97 Å². The van der Waals surface area contributed by atoms with Gasteiger partial charge in [0.1, 0.15) is 17.3 Å². The van der Waals surface area contributed by atoms with E-state index in [0.717, 1.165) is 0 Å². The summed E-state index contributed by atoms with van der Waals surface area (Å²) in [6.07, 6.45) is 0. The van der Waals surface area contributed by atoms with E-state index in [1.54, 1.807) is 20.8 Å². The van der Waals surface area contributed by atoms with Crippen LogP contribution >= 0.6 is 0 Å². The topological polar surface area (TPSA) is 51.2 Å². The minimum absolute atomic E-state index is 0.807. The molecule has 1 N–H and O–H groups in total. The molecule has 0 saturated heterocycles. The van der Waals surface area contributed by atoms with Gasteiger partial charge in [0.05, 0.1) is 0 Å². The molecule has 20 heavy (non-hydrogen) atoms. The molecule has 0 aliphatic heterocycles. The van der Waals surface area contributed by atoms with E-state index in [0.29, 0.717) is 0 Å². The Morgan fingerprint density at radius 2 is 1.60 bits per heavy atom. The number of rotatable bonds is 3. The molecule has 112 valence electrons. The number of nitrogens with one attached hydrogen (secondary N) is 1. The Kier molecular flexibility index (Phi) is 4.57. The summed E-state index contributed by atoms with van der Waals surface area (Å²) in [5.41, 5.74) is -1.91. The molecule has 0 aliphatic rings. The van der Waals surface area contributed by atoms with Crippen LogP contribution in [-0.2, 0) is 9.53 Å². The van der Waals surface area contributed by atoms with Crippen LogP contribution in [0.15, 0.2) is 0 Å². The Balaban J connectivity index is 2.97. The molecule has 0 bridgehead atoms. The van der Waals surface area contributed by atoms with Gasteiger partial charge in [-0.25, -0.2) is 4.79 Å². The van der Waals surface area contributed by atoms with Gasteiger partial charge in [-0.15, -0.1) is 0 Å². The van der Waals surface area contributed by atoms with Crippen LogP contribution < -0.4 is 5.32 Å². The molecular formula is C12H14F4N2O2. The minimum atomic E-state index is -1.80. The Labute approximate surface area is 113 Å². The number of carbonyl (C=O) groups excluding carboxylic acids is 1. The Hall–Kier alpha value is -1.86. The second kappa shape index (κ2) is 5.64. The third kappa shape index (κ3) is 3.82. The van der Waals surface area contributed by atoms with Crippen LogP contribution in [0.1, 0.15) is 27.7 Å². The molecule has 0 amide bonds. The second-order valence-corrected chi connectivity index (χ2v) is 5.10. The predicted molar refractivity (Wildman–Crippen MR) is 63.0 cm³/mol. The largest absolute Gasteiger partial charge is 0.458 e. The molecule has 0 aliphatic carbocycles. The molecule has 1 atom stereocenters. The number of esters is 1. The lowest BCUT2D eigenvalue weighted by molar-refractivity contribution is -0.155. The van der Waals surface area contributed by atoms with E-state index in [4.69, 9.17) is 4.74 Å². The SMILES string of the molecule is C[C@H](Nc1c(F)c(F)nc(F)c1F)C(=O)OC(C)(C)C. The number of anilines is 1. The zero-order valence-corrected chi connectivity index (χ0v) is 11.4. The number of hydrogen-bond acceptors (Lipinski definition) is 4. The number of halogens is 4. The van der Waals surface area contributed by atoms with Crippen molar-refractivity contribution in [1.82, 2.24) is 4.98 Å². The van der Waals surface area contributed by atoms with E-state index in [2.05, 4.69) is 4.98 Å².